The van der Waals surface area contributed by atoms with Crippen LogP contribution in [0.4, 0.5) is 14.6 Å². The van der Waals surface area contributed by atoms with Gasteiger partial charge in [-0.3, -0.25) is 9.59 Å². The van der Waals surface area contributed by atoms with Crippen molar-refractivity contribution in [1.82, 2.24) is 15.3 Å². The number of hydrogen-bond acceptors (Lipinski definition) is 6. The number of hydrogen-bond donors (Lipinski definition) is 2. The highest BCUT2D eigenvalue weighted by Crippen LogP contribution is 2.36. The zero-order valence-electron chi connectivity index (χ0n) is 16.1. The Morgan fingerprint density at radius 2 is 1.93 bits per heavy atom. The van der Waals surface area contributed by atoms with Crippen LogP contribution in [-0.4, -0.2) is 52.9 Å². The van der Waals surface area contributed by atoms with E-state index in [4.69, 9.17) is 10.5 Å². The van der Waals surface area contributed by atoms with Crippen molar-refractivity contribution in [2.45, 2.75) is 56.4 Å². The van der Waals surface area contributed by atoms with Crippen molar-refractivity contribution in [1.29, 1.82) is 0 Å². The summed E-state index contributed by atoms with van der Waals surface area (Å²) < 4.78 is 32.3. The van der Waals surface area contributed by atoms with Crippen LogP contribution >= 0.6 is 0 Å². The van der Waals surface area contributed by atoms with Crippen LogP contribution in [0.3, 0.4) is 0 Å². The Morgan fingerprint density at radius 3 is 2.52 bits per heavy atom. The average Bonchev–Trinajstić information content (AvgIpc) is 3.49. The Kier molecular flexibility index (Phi) is 5.04. The van der Waals surface area contributed by atoms with E-state index in [0.29, 0.717) is 25.4 Å². The lowest BCUT2D eigenvalue weighted by atomic mass is 9.81. The third-order valence-corrected chi connectivity index (χ3v) is 5.78. The summed E-state index contributed by atoms with van der Waals surface area (Å²) >= 11 is 0. The second kappa shape index (κ2) is 7.38. The molecular formula is C19H25F2N5O3. The molecule has 8 nitrogen and oxygen atoms in total. The molecular weight excluding hydrogens is 384 g/mol. The highest BCUT2D eigenvalue weighted by Gasteiger charge is 2.46. The molecule has 2 aliphatic carbocycles. The van der Waals surface area contributed by atoms with Crippen LogP contribution in [0.2, 0.25) is 0 Å². The molecule has 0 bridgehead atoms. The Labute approximate surface area is 167 Å². The molecule has 0 radical (unpaired) electrons. The standard InChI is InChI=1S/C19H25F2N5O3/c20-19(21)10-26(11-19)14-16(29-9-12-4-5-12)24-13(8-23-14)15(27)25-18(17(22)28)6-2-1-3-7-18/h8,12H,1-7,9-11H2,(H2,22,28)(H,25,27). The fourth-order valence-corrected chi connectivity index (χ4v) is 3.80. The number of nitrogens with zero attached hydrogens (tertiary/aromatic N) is 3. The minimum Gasteiger partial charge on any atom is -0.475 e. The minimum absolute atomic E-state index is 0.0296. The first kappa shape index (κ1) is 19.8. The van der Waals surface area contributed by atoms with Gasteiger partial charge in [0.1, 0.15) is 5.54 Å². The third kappa shape index (κ3) is 4.25. The number of nitrogens with two attached hydrogens (primary N) is 1. The first-order chi connectivity index (χ1) is 13.8. The quantitative estimate of drug-likeness (QED) is 0.708. The van der Waals surface area contributed by atoms with Crippen molar-refractivity contribution in [3.8, 4) is 5.88 Å². The molecule has 1 saturated heterocycles. The molecule has 2 saturated carbocycles. The number of rotatable bonds is 7. The van der Waals surface area contributed by atoms with E-state index in [1.165, 1.54) is 11.1 Å². The van der Waals surface area contributed by atoms with Gasteiger partial charge in [0.15, 0.2) is 11.5 Å². The fraction of sp³-hybridized carbons (Fsp3) is 0.684. The van der Waals surface area contributed by atoms with Crippen LogP contribution in [0.5, 0.6) is 5.88 Å². The van der Waals surface area contributed by atoms with Crippen LogP contribution in [0.15, 0.2) is 6.20 Å². The molecule has 10 heteroatoms. The summed E-state index contributed by atoms with van der Waals surface area (Å²) in [7, 11) is 0. The fourth-order valence-electron chi connectivity index (χ4n) is 3.80. The molecule has 0 spiro atoms. The molecule has 1 aromatic heterocycles. The van der Waals surface area contributed by atoms with Crippen LogP contribution in [0, 0.1) is 5.92 Å². The van der Waals surface area contributed by atoms with Gasteiger partial charge in [-0.25, -0.2) is 18.7 Å². The van der Waals surface area contributed by atoms with E-state index >= 15 is 0 Å². The molecule has 2 heterocycles. The van der Waals surface area contributed by atoms with Crippen molar-refractivity contribution in [3.63, 3.8) is 0 Å². The van der Waals surface area contributed by atoms with Gasteiger partial charge in [-0.1, -0.05) is 19.3 Å². The Hall–Kier alpha value is -2.52. The van der Waals surface area contributed by atoms with Gasteiger partial charge in [-0.2, -0.15) is 0 Å². The molecule has 2 amide bonds. The maximum absolute atomic E-state index is 13.3. The molecule has 0 aromatic carbocycles. The zero-order chi connectivity index (χ0) is 20.6. The van der Waals surface area contributed by atoms with E-state index in [2.05, 4.69) is 15.3 Å². The Morgan fingerprint density at radius 1 is 1.24 bits per heavy atom. The Balaban J connectivity index is 1.53. The molecule has 158 valence electrons. The molecule has 3 N–H and O–H groups in total. The molecule has 29 heavy (non-hydrogen) atoms. The number of carbonyl (C=O) groups excluding carboxylic acids is 2. The highest BCUT2D eigenvalue weighted by molar-refractivity contribution is 5.97. The molecule has 1 aliphatic heterocycles. The second-order valence-corrected chi connectivity index (χ2v) is 8.31. The number of amides is 2. The van der Waals surface area contributed by atoms with E-state index < -0.39 is 36.4 Å². The van der Waals surface area contributed by atoms with Crippen LogP contribution in [0.25, 0.3) is 0 Å². The van der Waals surface area contributed by atoms with Crippen molar-refractivity contribution in [2.75, 3.05) is 24.6 Å². The molecule has 0 unspecified atom stereocenters. The van der Waals surface area contributed by atoms with Gasteiger partial charge >= 0.3 is 0 Å². The maximum atomic E-state index is 13.3. The normalized spacial score (nSPS) is 22.5. The third-order valence-electron chi connectivity index (χ3n) is 5.78. The molecule has 1 aromatic rings. The summed E-state index contributed by atoms with van der Waals surface area (Å²) in [5, 5.41) is 2.74. The van der Waals surface area contributed by atoms with Crippen molar-refractivity contribution in [3.05, 3.63) is 11.9 Å². The first-order valence-corrected chi connectivity index (χ1v) is 10.0. The van der Waals surface area contributed by atoms with Crippen molar-refractivity contribution < 1.29 is 23.1 Å². The number of primary amides is 1. The Bertz CT molecular complexity index is 801. The summed E-state index contributed by atoms with van der Waals surface area (Å²) in [5.41, 5.74) is 4.45. The number of carbonyl (C=O) groups is 2. The van der Waals surface area contributed by atoms with Crippen LogP contribution in [-0.2, 0) is 4.79 Å². The summed E-state index contributed by atoms with van der Waals surface area (Å²) in [6, 6.07) is 0. The average molecular weight is 409 g/mol. The number of aromatic nitrogens is 2. The molecule has 4 rings (SSSR count). The van der Waals surface area contributed by atoms with E-state index in [1.807, 2.05) is 0 Å². The smallest absolute Gasteiger partial charge is 0.282 e. The van der Waals surface area contributed by atoms with Crippen LogP contribution in [0.1, 0.15) is 55.4 Å². The summed E-state index contributed by atoms with van der Waals surface area (Å²) in [6.07, 6.45) is 6.86. The number of alkyl halides is 2. The number of ether oxygens (including phenoxy) is 1. The predicted molar refractivity (Wildman–Crippen MR) is 99.9 cm³/mol. The summed E-state index contributed by atoms with van der Waals surface area (Å²) in [6.45, 7) is -0.516. The van der Waals surface area contributed by atoms with E-state index in [0.717, 1.165) is 32.1 Å². The monoisotopic (exact) mass is 409 g/mol. The lowest BCUT2D eigenvalue weighted by molar-refractivity contribution is -0.125. The second-order valence-electron chi connectivity index (χ2n) is 8.31. The highest BCUT2D eigenvalue weighted by atomic mass is 19.3. The molecule has 0 atom stereocenters. The van der Waals surface area contributed by atoms with Gasteiger partial charge in [0.05, 0.1) is 25.9 Å². The van der Waals surface area contributed by atoms with Gasteiger partial charge < -0.3 is 20.7 Å². The number of nitrogens with one attached hydrogen (secondary N) is 1. The molecule has 3 aliphatic rings. The van der Waals surface area contributed by atoms with E-state index in [-0.39, 0.29) is 17.4 Å². The van der Waals surface area contributed by atoms with Gasteiger partial charge in [-0.05, 0) is 31.6 Å². The minimum atomic E-state index is -2.76. The lowest BCUT2D eigenvalue weighted by Crippen LogP contribution is -2.58. The summed E-state index contributed by atoms with van der Waals surface area (Å²) in [4.78, 5) is 34.6. The van der Waals surface area contributed by atoms with E-state index in [1.54, 1.807) is 0 Å². The molecule has 3 fully saturated rings. The number of halogens is 2. The topological polar surface area (TPSA) is 110 Å². The van der Waals surface area contributed by atoms with Crippen LogP contribution < -0.4 is 20.7 Å². The lowest BCUT2D eigenvalue weighted by Gasteiger charge is -2.39. The van der Waals surface area contributed by atoms with Crippen molar-refractivity contribution >= 4 is 17.6 Å². The maximum Gasteiger partial charge on any atom is 0.282 e. The SMILES string of the molecule is NC(=O)C1(NC(=O)c2cnc(N3CC(F)(F)C3)c(OCC3CC3)n2)CCCCC1. The zero-order valence-corrected chi connectivity index (χ0v) is 16.1. The summed E-state index contributed by atoms with van der Waals surface area (Å²) in [5.74, 6) is -3.22. The van der Waals surface area contributed by atoms with Gasteiger partial charge in [0.25, 0.3) is 17.7 Å². The van der Waals surface area contributed by atoms with Crippen molar-refractivity contribution in [2.24, 2.45) is 11.7 Å². The van der Waals surface area contributed by atoms with E-state index in [9.17, 15) is 18.4 Å². The van der Waals surface area contributed by atoms with Gasteiger partial charge in [-0.15, -0.1) is 0 Å². The van der Waals surface area contributed by atoms with Gasteiger partial charge in [0.2, 0.25) is 5.91 Å². The predicted octanol–water partition coefficient (Wildman–Crippen LogP) is 1.64. The first-order valence-electron chi connectivity index (χ1n) is 10.0. The van der Waals surface area contributed by atoms with Gasteiger partial charge in [0, 0.05) is 0 Å². The number of anilines is 1. The largest absolute Gasteiger partial charge is 0.475 e.